The monoisotopic (exact) mass is 498 g/mol. The third-order valence-corrected chi connectivity index (χ3v) is 5.08. The minimum Gasteiger partial charge on any atom is -0.545 e. The van der Waals surface area contributed by atoms with Crippen LogP contribution in [0.15, 0.2) is 36.5 Å². The Labute approximate surface area is 188 Å². The van der Waals surface area contributed by atoms with Crippen LogP contribution in [0.5, 0.6) is 0 Å². The molecule has 13 heteroatoms. The lowest BCUT2D eigenvalue weighted by atomic mass is 9.88. The van der Waals surface area contributed by atoms with Crippen LogP contribution in [0.2, 0.25) is 5.02 Å². The van der Waals surface area contributed by atoms with E-state index in [-0.39, 0.29) is 38.7 Å². The molecule has 0 spiro atoms. The van der Waals surface area contributed by atoms with Gasteiger partial charge >= 0.3 is 18.0 Å². The van der Waals surface area contributed by atoms with E-state index in [4.69, 9.17) is 23.2 Å². The highest BCUT2D eigenvalue weighted by Crippen LogP contribution is 2.53. The fourth-order valence-corrected chi connectivity index (χ4v) is 3.42. The van der Waals surface area contributed by atoms with E-state index in [0.717, 1.165) is 31.1 Å². The molecule has 0 radical (unpaired) electrons. The Morgan fingerprint density at radius 1 is 1.00 bits per heavy atom. The molecule has 0 aliphatic rings. The van der Waals surface area contributed by atoms with Gasteiger partial charge in [0, 0.05) is 27.9 Å². The van der Waals surface area contributed by atoms with Crippen molar-refractivity contribution in [2.24, 2.45) is 11.6 Å². The molecule has 0 saturated carbocycles. The number of hydrogen-bond donors (Lipinski definition) is 2. The van der Waals surface area contributed by atoms with Gasteiger partial charge in [0.25, 0.3) is 0 Å². The van der Waals surface area contributed by atoms with Crippen molar-refractivity contribution in [2.75, 3.05) is 5.01 Å². The first-order chi connectivity index (χ1) is 14.9. The molecule has 2 aromatic rings. The first kappa shape index (κ1) is 26.3. The number of rotatable bonds is 5. The third kappa shape index (κ3) is 4.86. The van der Waals surface area contributed by atoms with Crippen molar-refractivity contribution < 1.29 is 40.6 Å². The predicted molar refractivity (Wildman–Crippen MR) is 105 cm³/mol. The standard InChI is InChI=1S/C20H17ClF7N3O2/c1-9-5-11(18(22,19(23,24)25)20(26,27)28)6-10(2)16(9)15(29)8-31(30)12-3-4-14(21)13(7-12)17(32)33/h3-8H,29-30H2,1-2H3,(H,32,33)/p-1/b15-8-. The van der Waals surface area contributed by atoms with E-state index in [0.29, 0.717) is 12.1 Å². The molecule has 4 N–H and O–H groups in total. The summed E-state index contributed by atoms with van der Waals surface area (Å²) in [5.74, 6) is 4.24. The molecule has 0 unspecified atom stereocenters. The smallest absolute Gasteiger partial charge is 0.435 e. The van der Waals surface area contributed by atoms with E-state index in [1.165, 1.54) is 12.1 Å². The van der Waals surface area contributed by atoms with Crippen molar-refractivity contribution in [3.63, 3.8) is 0 Å². The van der Waals surface area contributed by atoms with Gasteiger partial charge in [-0.3, -0.25) is 5.01 Å². The molecule has 0 aromatic heterocycles. The zero-order chi connectivity index (χ0) is 25.5. The summed E-state index contributed by atoms with van der Waals surface area (Å²) in [5, 5.41) is 11.8. The van der Waals surface area contributed by atoms with E-state index in [2.05, 4.69) is 0 Å². The maximum absolute atomic E-state index is 14.4. The zero-order valence-corrected chi connectivity index (χ0v) is 17.7. The highest BCUT2D eigenvalue weighted by molar-refractivity contribution is 6.33. The molecular formula is C20H16ClF7N3O2-. The molecule has 0 saturated heterocycles. The molecule has 0 atom stereocenters. The normalized spacial score (nSPS) is 13.2. The van der Waals surface area contributed by atoms with Crippen molar-refractivity contribution in [3.8, 4) is 0 Å². The second-order valence-electron chi connectivity index (χ2n) is 7.08. The molecule has 2 rings (SSSR count). The van der Waals surface area contributed by atoms with Crippen LogP contribution in [0.3, 0.4) is 0 Å². The summed E-state index contributed by atoms with van der Waals surface area (Å²) in [4.78, 5) is 11.1. The summed E-state index contributed by atoms with van der Waals surface area (Å²) in [6.45, 7) is 2.30. The zero-order valence-electron chi connectivity index (χ0n) is 16.9. The fourth-order valence-electron chi connectivity index (χ4n) is 3.23. The number of nitrogens with two attached hydrogens (primary N) is 2. The average Bonchev–Trinajstić information content (AvgIpc) is 2.64. The van der Waals surface area contributed by atoms with Gasteiger partial charge in [-0.1, -0.05) is 23.7 Å². The molecule has 5 nitrogen and oxygen atoms in total. The van der Waals surface area contributed by atoms with Crippen LogP contribution in [0.4, 0.5) is 36.4 Å². The molecule has 0 bridgehead atoms. The lowest BCUT2D eigenvalue weighted by Crippen LogP contribution is -2.50. The van der Waals surface area contributed by atoms with Crippen molar-refractivity contribution in [3.05, 3.63) is 69.4 Å². The minimum atomic E-state index is -6.26. The second-order valence-corrected chi connectivity index (χ2v) is 7.49. The topological polar surface area (TPSA) is 95.4 Å². The molecule has 2 aromatic carbocycles. The fraction of sp³-hybridized carbons (Fsp3) is 0.250. The Hall–Kier alpha value is -2.99. The molecule has 0 amide bonds. The van der Waals surface area contributed by atoms with Gasteiger partial charge in [0.15, 0.2) is 0 Å². The molecular weight excluding hydrogens is 483 g/mol. The van der Waals surface area contributed by atoms with Crippen LogP contribution in [0, 0.1) is 13.8 Å². The van der Waals surface area contributed by atoms with Gasteiger partial charge in [0.1, 0.15) is 0 Å². The van der Waals surface area contributed by atoms with Crippen molar-refractivity contribution in [1.29, 1.82) is 0 Å². The van der Waals surface area contributed by atoms with E-state index in [9.17, 15) is 40.6 Å². The Kier molecular flexibility index (Phi) is 6.96. The molecule has 0 aliphatic carbocycles. The van der Waals surface area contributed by atoms with E-state index < -0.39 is 29.6 Å². The van der Waals surface area contributed by atoms with Gasteiger partial charge in [-0.25, -0.2) is 10.2 Å². The van der Waals surface area contributed by atoms with Crippen LogP contribution in [-0.2, 0) is 5.67 Å². The summed E-state index contributed by atoms with van der Waals surface area (Å²) in [5.41, 5.74) is -2.16. The molecule has 0 heterocycles. The van der Waals surface area contributed by atoms with Crippen LogP contribution in [-0.4, -0.2) is 18.3 Å². The summed E-state index contributed by atoms with van der Waals surface area (Å²) < 4.78 is 92.9. The second kappa shape index (κ2) is 8.75. The van der Waals surface area contributed by atoms with Crippen LogP contribution >= 0.6 is 11.6 Å². The number of benzene rings is 2. The maximum Gasteiger partial charge on any atom is 0.435 e. The van der Waals surface area contributed by atoms with E-state index >= 15 is 0 Å². The maximum atomic E-state index is 14.4. The molecule has 33 heavy (non-hydrogen) atoms. The molecule has 180 valence electrons. The summed E-state index contributed by atoms with van der Waals surface area (Å²) in [7, 11) is 0. The van der Waals surface area contributed by atoms with Gasteiger partial charge in [0.05, 0.1) is 17.4 Å². The number of alkyl halides is 7. The van der Waals surface area contributed by atoms with Crippen molar-refractivity contribution in [1.82, 2.24) is 0 Å². The van der Waals surface area contributed by atoms with Gasteiger partial charge < -0.3 is 15.6 Å². The lowest BCUT2D eigenvalue weighted by molar-refractivity contribution is -0.348. The quantitative estimate of drug-likeness (QED) is 0.365. The van der Waals surface area contributed by atoms with Gasteiger partial charge in [-0.05, 0) is 43.2 Å². The Bertz CT molecular complexity index is 1080. The first-order valence-electron chi connectivity index (χ1n) is 8.88. The number of carboxylic acid groups (broad SMARTS) is 1. The van der Waals surface area contributed by atoms with Crippen LogP contribution < -0.4 is 21.7 Å². The Morgan fingerprint density at radius 3 is 1.91 bits per heavy atom. The SMILES string of the molecule is Cc1cc(C(F)(C(F)(F)F)C(F)(F)F)cc(C)c1/C(N)=C/N(N)c1ccc(Cl)c(C(=O)[O-])c1. The Balaban J connectivity index is 2.55. The van der Waals surface area contributed by atoms with Gasteiger partial charge in [-0.2, -0.15) is 26.3 Å². The number of nitrogens with zero attached hydrogens (tertiary/aromatic N) is 1. The number of carbonyl (C=O) groups is 1. The highest BCUT2D eigenvalue weighted by Gasteiger charge is 2.73. The Morgan fingerprint density at radius 2 is 1.48 bits per heavy atom. The highest BCUT2D eigenvalue weighted by atomic mass is 35.5. The number of hydrazine groups is 1. The van der Waals surface area contributed by atoms with Crippen molar-refractivity contribution in [2.45, 2.75) is 31.9 Å². The summed E-state index contributed by atoms with van der Waals surface area (Å²) in [6, 6.07) is 4.41. The number of carbonyl (C=O) groups excluding carboxylic acids is 1. The molecule has 0 fully saturated rings. The third-order valence-electron chi connectivity index (χ3n) is 4.75. The van der Waals surface area contributed by atoms with Gasteiger partial charge in [0.2, 0.25) is 0 Å². The van der Waals surface area contributed by atoms with E-state index in [1.54, 1.807) is 0 Å². The van der Waals surface area contributed by atoms with Crippen LogP contribution in [0.25, 0.3) is 5.70 Å². The number of aryl methyl sites for hydroxylation is 2. The number of aromatic carboxylic acids is 1. The van der Waals surface area contributed by atoms with Gasteiger partial charge in [-0.15, -0.1) is 0 Å². The largest absolute Gasteiger partial charge is 0.545 e. The average molecular weight is 499 g/mol. The lowest BCUT2D eigenvalue weighted by Gasteiger charge is -2.31. The number of carboxylic acids is 1. The summed E-state index contributed by atoms with van der Waals surface area (Å²) in [6.07, 6.45) is -11.5. The van der Waals surface area contributed by atoms with Crippen molar-refractivity contribution >= 4 is 29.0 Å². The number of halogens is 8. The van der Waals surface area contributed by atoms with Crippen LogP contribution in [0.1, 0.15) is 32.6 Å². The predicted octanol–water partition coefficient (Wildman–Crippen LogP) is 4.25. The first-order valence-corrected chi connectivity index (χ1v) is 9.26. The summed E-state index contributed by atoms with van der Waals surface area (Å²) >= 11 is 5.74. The van der Waals surface area contributed by atoms with E-state index in [1.807, 2.05) is 0 Å². The number of hydrogen-bond acceptors (Lipinski definition) is 5. The molecule has 0 aliphatic heterocycles. The number of anilines is 1. The minimum absolute atomic E-state index is 0.00925.